The van der Waals surface area contributed by atoms with Crippen molar-refractivity contribution in [3.8, 4) is 11.5 Å². The van der Waals surface area contributed by atoms with Gasteiger partial charge in [-0.3, -0.25) is 4.79 Å². The number of carbonyl (C=O) groups excluding carboxylic acids is 1. The molecule has 0 aliphatic rings. The summed E-state index contributed by atoms with van der Waals surface area (Å²) in [6, 6.07) is 9.44. The molecule has 3 rings (SSSR count). The molecule has 1 aromatic carbocycles. The van der Waals surface area contributed by atoms with Crippen LogP contribution in [0.25, 0.3) is 11.5 Å². The van der Waals surface area contributed by atoms with Crippen LogP contribution in [0, 0.1) is 0 Å². The molecule has 0 saturated carbocycles. The highest BCUT2D eigenvalue weighted by Gasteiger charge is 2.16. The van der Waals surface area contributed by atoms with Gasteiger partial charge in [-0.15, -0.1) is 10.2 Å². The third kappa shape index (κ3) is 2.91. The number of Topliss-reactive ketones (excluding diaryl/α,β-unsaturated/α-hetero) is 1. The SMILES string of the molecule is Nc1nonc1-c1nnn(CC(=O)Cc2ccccc2)n1. The van der Waals surface area contributed by atoms with E-state index in [-0.39, 0.29) is 29.7 Å². The predicted molar refractivity (Wildman–Crippen MR) is 70.7 cm³/mol. The fourth-order valence-electron chi connectivity index (χ4n) is 1.79. The highest BCUT2D eigenvalue weighted by atomic mass is 16.6. The number of nitrogens with zero attached hydrogens (tertiary/aromatic N) is 6. The van der Waals surface area contributed by atoms with E-state index in [4.69, 9.17) is 5.73 Å². The Labute approximate surface area is 118 Å². The van der Waals surface area contributed by atoms with Crippen LogP contribution in [0.4, 0.5) is 5.82 Å². The second-order valence-corrected chi connectivity index (χ2v) is 4.34. The van der Waals surface area contributed by atoms with Crippen LogP contribution >= 0.6 is 0 Å². The molecule has 0 aliphatic heterocycles. The van der Waals surface area contributed by atoms with Gasteiger partial charge in [-0.05, 0) is 21.1 Å². The number of tetrazole rings is 1. The summed E-state index contributed by atoms with van der Waals surface area (Å²) in [4.78, 5) is 13.1. The standard InChI is InChI=1S/C12H11N7O2/c13-11-10(16-21-17-11)12-14-18-19(15-12)7-9(20)6-8-4-2-1-3-5-8/h1-5H,6-7H2,(H2,13,17). The second-order valence-electron chi connectivity index (χ2n) is 4.34. The lowest BCUT2D eigenvalue weighted by atomic mass is 10.1. The first-order chi connectivity index (χ1) is 10.2. The molecule has 9 nitrogen and oxygen atoms in total. The molecule has 3 aromatic rings. The molecular formula is C12H11N7O2. The number of nitrogen functional groups attached to an aromatic ring is 1. The van der Waals surface area contributed by atoms with Crippen LogP contribution in [0.5, 0.6) is 0 Å². The van der Waals surface area contributed by atoms with E-state index in [2.05, 4.69) is 30.4 Å². The molecule has 0 atom stereocenters. The number of benzene rings is 1. The molecule has 0 radical (unpaired) electrons. The van der Waals surface area contributed by atoms with Gasteiger partial charge in [-0.25, -0.2) is 4.63 Å². The van der Waals surface area contributed by atoms with Crippen LogP contribution in [0.15, 0.2) is 35.0 Å². The summed E-state index contributed by atoms with van der Waals surface area (Å²) in [5, 5.41) is 18.6. The minimum absolute atomic E-state index is 0.0209. The Morgan fingerprint density at radius 1 is 1.24 bits per heavy atom. The monoisotopic (exact) mass is 285 g/mol. The molecule has 0 fully saturated rings. The van der Waals surface area contributed by atoms with Crippen molar-refractivity contribution in [2.75, 3.05) is 5.73 Å². The van der Waals surface area contributed by atoms with Gasteiger partial charge in [0, 0.05) is 6.42 Å². The quantitative estimate of drug-likeness (QED) is 0.700. The highest BCUT2D eigenvalue weighted by Crippen LogP contribution is 2.15. The molecule has 0 unspecified atom stereocenters. The summed E-state index contributed by atoms with van der Waals surface area (Å²) in [5.74, 6) is 0.211. The average Bonchev–Trinajstić information content (AvgIpc) is 3.08. The first-order valence-corrected chi connectivity index (χ1v) is 6.14. The summed E-state index contributed by atoms with van der Waals surface area (Å²) >= 11 is 0. The second kappa shape index (κ2) is 5.49. The zero-order valence-electron chi connectivity index (χ0n) is 10.9. The molecular weight excluding hydrogens is 274 g/mol. The minimum Gasteiger partial charge on any atom is -0.379 e. The van der Waals surface area contributed by atoms with Crippen LogP contribution in [0.2, 0.25) is 0 Å². The van der Waals surface area contributed by atoms with Gasteiger partial charge in [0.2, 0.25) is 5.82 Å². The topological polar surface area (TPSA) is 126 Å². The minimum atomic E-state index is -0.0311. The Kier molecular flexibility index (Phi) is 3.37. The summed E-state index contributed by atoms with van der Waals surface area (Å²) in [7, 11) is 0. The van der Waals surface area contributed by atoms with E-state index < -0.39 is 0 Å². The molecule has 0 aliphatic carbocycles. The van der Waals surface area contributed by atoms with E-state index in [0.717, 1.165) is 5.56 Å². The molecule has 0 spiro atoms. The normalized spacial score (nSPS) is 10.7. The van der Waals surface area contributed by atoms with Crippen molar-refractivity contribution < 1.29 is 9.42 Å². The number of anilines is 1. The van der Waals surface area contributed by atoms with Crippen molar-refractivity contribution >= 4 is 11.6 Å². The Hall–Kier alpha value is -3.10. The van der Waals surface area contributed by atoms with E-state index in [1.807, 2.05) is 30.3 Å². The summed E-state index contributed by atoms with van der Waals surface area (Å²) < 4.78 is 4.46. The summed E-state index contributed by atoms with van der Waals surface area (Å²) in [6.07, 6.45) is 0.311. The Bertz CT molecular complexity index is 750. The first kappa shape index (κ1) is 12.9. The van der Waals surface area contributed by atoms with Crippen molar-refractivity contribution in [2.45, 2.75) is 13.0 Å². The van der Waals surface area contributed by atoms with Gasteiger partial charge in [0.15, 0.2) is 17.3 Å². The molecule has 106 valence electrons. The number of aromatic nitrogens is 6. The van der Waals surface area contributed by atoms with Gasteiger partial charge in [-0.1, -0.05) is 30.3 Å². The lowest BCUT2D eigenvalue weighted by Crippen LogP contribution is -2.15. The van der Waals surface area contributed by atoms with Crippen LogP contribution in [0.1, 0.15) is 5.56 Å². The van der Waals surface area contributed by atoms with E-state index in [0.29, 0.717) is 6.42 Å². The number of nitrogens with two attached hydrogens (primary N) is 1. The molecule has 0 bridgehead atoms. The van der Waals surface area contributed by atoms with Crippen LogP contribution in [-0.4, -0.2) is 36.3 Å². The van der Waals surface area contributed by atoms with Crippen LogP contribution in [0.3, 0.4) is 0 Å². The fraction of sp³-hybridized carbons (Fsp3) is 0.167. The van der Waals surface area contributed by atoms with E-state index >= 15 is 0 Å². The maximum absolute atomic E-state index is 11.9. The molecule has 2 heterocycles. The number of ketones is 1. The van der Waals surface area contributed by atoms with E-state index in [1.165, 1.54) is 4.80 Å². The van der Waals surface area contributed by atoms with Gasteiger partial charge in [0.05, 0.1) is 0 Å². The lowest BCUT2D eigenvalue weighted by molar-refractivity contribution is -0.119. The molecule has 2 aromatic heterocycles. The third-order valence-corrected chi connectivity index (χ3v) is 2.74. The third-order valence-electron chi connectivity index (χ3n) is 2.74. The van der Waals surface area contributed by atoms with Crippen molar-refractivity contribution in [2.24, 2.45) is 0 Å². The molecule has 21 heavy (non-hydrogen) atoms. The Morgan fingerprint density at radius 2 is 2.05 bits per heavy atom. The van der Waals surface area contributed by atoms with Crippen molar-refractivity contribution in [3.05, 3.63) is 35.9 Å². The van der Waals surface area contributed by atoms with Gasteiger partial charge in [0.25, 0.3) is 0 Å². The molecule has 2 N–H and O–H groups in total. The largest absolute Gasteiger partial charge is 0.379 e. The van der Waals surface area contributed by atoms with Crippen LogP contribution in [-0.2, 0) is 17.8 Å². The predicted octanol–water partition coefficient (Wildman–Crippen LogP) is 0.117. The van der Waals surface area contributed by atoms with Crippen molar-refractivity contribution in [1.29, 1.82) is 0 Å². The fourth-order valence-corrected chi connectivity index (χ4v) is 1.79. The number of carbonyl (C=O) groups is 1. The van der Waals surface area contributed by atoms with Gasteiger partial charge < -0.3 is 5.73 Å². The summed E-state index contributed by atoms with van der Waals surface area (Å²) in [5.41, 5.74) is 6.68. The maximum Gasteiger partial charge on any atom is 0.230 e. The van der Waals surface area contributed by atoms with Crippen LogP contribution < -0.4 is 5.73 Å². The zero-order valence-corrected chi connectivity index (χ0v) is 10.9. The summed E-state index contributed by atoms with van der Waals surface area (Å²) in [6.45, 7) is 0.0209. The van der Waals surface area contributed by atoms with Gasteiger partial charge in [-0.2, -0.15) is 4.80 Å². The smallest absolute Gasteiger partial charge is 0.230 e. The lowest BCUT2D eigenvalue weighted by Gasteiger charge is -1.99. The number of hydrogen-bond donors (Lipinski definition) is 1. The van der Waals surface area contributed by atoms with Gasteiger partial charge >= 0.3 is 0 Å². The molecule has 0 amide bonds. The van der Waals surface area contributed by atoms with Crippen molar-refractivity contribution in [3.63, 3.8) is 0 Å². The zero-order chi connectivity index (χ0) is 14.7. The molecule has 9 heteroatoms. The highest BCUT2D eigenvalue weighted by molar-refractivity contribution is 5.80. The molecule has 0 saturated heterocycles. The Morgan fingerprint density at radius 3 is 2.76 bits per heavy atom. The number of hydrogen-bond acceptors (Lipinski definition) is 8. The van der Waals surface area contributed by atoms with E-state index in [1.54, 1.807) is 0 Å². The van der Waals surface area contributed by atoms with E-state index in [9.17, 15) is 4.79 Å². The first-order valence-electron chi connectivity index (χ1n) is 6.14. The van der Waals surface area contributed by atoms with Crippen molar-refractivity contribution in [1.82, 2.24) is 30.5 Å². The Balaban J connectivity index is 1.67. The average molecular weight is 285 g/mol. The van der Waals surface area contributed by atoms with Gasteiger partial charge in [0.1, 0.15) is 6.54 Å². The number of rotatable bonds is 5. The maximum atomic E-state index is 11.9.